The number of carbonyl (C=O) groups excluding carboxylic acids is 1. The summed E-state index contributed by atoms with van der Waals surface area (Å²) in [6.45, 7) is 3.47. The normalized spacial score (nSPS) is 19.6. The Balaban J connectivity index is 1.07. The smallest absolute Gasteiger partial charge is 0.332 e. The molecule has 2 amide bonds. The Hall–Kier alpha value is -5.02. The molecule has 1 aliphatic carbocycles. The number of amides is 2. The van der Waals surface area contributed by atoms with Gasteiger partial charge in [0.25, 0.3) is 5.56 Å². The number of hydrogen-bond donors (Lipinski definition) is 2. The second-order valence-electron chi connectivity index (χ2n) is 14.4. The number of pyridine rings is 1. The van der Waals surface area contributed by atoms with E-state index in [2.05, 4.69) is 31.6 Å². The molecule has 16 heteroatoms. The highest BCUT2D eigenvalue weighted by Gasteiger charge is 2.46. The molecule has 2 unspecified atom stereocenters. The number of nitrogens with one attached hydrogen (secondary N) is 2. The van der Waals surface area contributed by atoms with Crippen LogP contribution >= 0.6 is 23.2 Å². The monoisotopic (exact) mass is 785 g/mol. The summed E-state index contributed by atoms with van der Waals surface area (Å²) >= 11 is 14.3. The van der Waals surface area contributed by atoms with Crippen LogP contribution in [0.1, 0.15) is 36.4 Å². The Bertz CT molecular complexity index is 2470. The zero-order valence-corrected chi connectivity index (χ0v) is 32.5. The lowest BCUT2D eigenvalue weighted by Crippen LogP contribution is -2.61. The number of fused-ring (bicyclic) bond motifs is 2. The molecule has 2 N–H and O–H groups in total. The Morgan fingerprint density at radius 2 is 1.71 bits per heavy atom. The van der Waals surface area contributed by atoms with Gasteiger partial charge in [-0.1, -0.05) is 53.5 Å². The Morgan fingerprint density at radius 3 is 2.47 bits per heavy atom. The number of ether oxygens (including phenoxy) is 2. The summed E-state index contributed by atoms with van der Waals surface area (Å²) in [5.41, 5.74) is 4.44. The minimum Gasteiger partial charge on any atom is -0.481 e. The average molecular weight is 787 g/mol. The molecule has 5 heterocycles. The van der Waals surface area contributed by atoms with Crippen molar-refractivity contribution < 1.29 is 14.3 Å². The molecule has 1 spiro atoms. The van der Waals surface area contributed by atoms with Crippen molar-refractivity contribution in [1.29, 1.82) is 0 Å². The van der Waals surface area contributed by atoms with Gasteiger partial charge in [0.1, 0.15) is 17.5 Å². The lowest BCUT2D eigenvalue weighted by atomic mass is 9.92. The Labute approximate surface area is 327 Å². The van der Waals surface area contributed by atoms with Gasteiger partial charge in [0, 0.05) is 75.7 Å². The third kappa shape index (κ3) is 6.40. The predicted octanol–water partition coefficient (Wildman–Crippen LogP) is 5.31. The van der Waals surface area contributed by atoms with Gasteiger partial charge in [-0.3, -0.25) is 18.8 Å². The van der Waals surface area contributed by atoms with Gasteiger partial charge in [-0.2, -0.15) is 0 Å². The van der Waals surface area contributed by atoms with Crippen molar-refractivity contribution in [1.82, 2.24) is 39.2 Å². The van der Waals surface area contributed by atoms with Gasteiger partial charge in [0.05, 0.1) is 40.7 Å². The maximum absolute atomic E-state index is 13.2. The van der Waals surface area contributed by atoms with Gasteiger partial charge >= 0.3 is 11.7 Å². The third-order valence-electron chi connectivity index (χ3n) is 11.3. The lowest BCUT2D eigenvalue weighted by Gasteiger charge is -2.40. The number of nitrogens with zero attached hydrogens (tertiary/aromatic N) is 7. The summed E-state index contributed by atoms with van der Waals surface area (Å²) in [7, 11) is 6.26. The largest absolute Gasteiger partial charge is 0.481 e. The maximum atomic E-state index is 13.2. The van der Waals surface area contributed by atoms with E-state index in [1.54, 1.807) is 27.3 Å². The van der Waals surface area contributed by atoms with Crippen molar-refractivity contribution in [2.75, 3.05) is 52.3 Å². The summed E-state index contributed by atoms with van der Waals surface area (Å²) in [6, 6.07) is 13.4. The highest BCUT2D eigenvalue weighted by molar-refractivity contribution is 6.39. The van der Waals surface area contributed by atoms with Crippen LogP contribution in [0.4, 0.5) is 16.3 Å². The third-order valence-corrected chi connectivity index (χ3v) is 12.1. The topological polar surface area (TPSA) is 149 Å². The number of halogens is 2. The van der Waals surface area contributed by atoms with Gasteiger partial charge < -0.3 is 25.0 Å². The summed E-state index contributed by atoms with van der Waals surface area (Å²) in [4.78, 5) is 56.5. The molecule has 0 saturated carbocycles. The Kier molecular flexibility index (Phi) is 9.78. The first-order chi connectivity index (χ1) is 26.5. The number of aryl methyl sites for hydroxylation is 2. The van der Waals surface area contributed by atoms with Crippen LogP contribution in [-0.2, 0) is 25.3 Å². The minimum atomic E-state index is -0.527. The zero-order chi connectivity index (χ0) is 38.6. The van der Waals surface area contributed by atoms with Crippen molar-refractivity contribution in [3.63, 3.8) is 0 Å². The van der Waals surface area contributed by atoms with Crippen LogP contribution in [0.5, 0.6) is 5.88 Å². The fourth-order valence-corrected chi connectivity index (χ4v) is 8.95. The number of aromatic nitrogens is 5. The molecule has 2 aromatic carbocycles. The molecule has 2 saturated heterocycles. The number of benzene rings is 2. The molecule has 3 aliphatic rings. The van der Waals surface area contributed by atoms with E-state index in [0.717, 1.165) is 60.0 Å². The molecule has 286 valence electrons. The number of rotatable bonds is 9. The fraction of sp³-hybridized carbons (Fsp3) is 0.385. The number of carbonyl (C=O) groups is 1. The molecule has 5 aromatic rings. The molecule has 14 nitrogen and oxygen atoms in total. The average Bonchev–Trinajstić information content (AvgIpc) is 3.81. The van der Waals surface area contributed by atoms with Crippen LogP contribution in [0.15, 0.2) is 58.4 Å². The first kappa shape index (κ1) is 36.9. The summed E-state index contributed by atoms with van der Waals surface area (Å²) in [5, 5.41) is 7.51. The van der Waals surface area contributed by atoms with E-state index >= 15 is 0 Å². The molecule has 2 fully saturated rings. The highest BCUT2D eigenvalue weighted by Crippen LogP contribution is 2.47. The molecular weight excluding hydrogens is 745 g/mol. The molecular formula is C39H41Cl2N9O5. The predicted molar refractivity (Wildman–Crippen MR) is 212 cm³/mol. The highest BCUT2D eigenvalue weighted by atomic mass is 35.5. The number of urea groups is 1. The van der Waals surface area contributed by atoms with Crippen LogP contribution in [-0.4, -0.2) is 92.5 Å². The molecule has 55 heavy (non-hydrogen) atoms. The number of likely N-dealkylation sites (tertiary alicyclic amines) is 1. The molecule has 3 aromatic heterocycles. The van der Waals surface area contributed by atoms with Crippen molar-refractivity contribution in [3.05, 3.63) is 90.8 Å². The van der Waals surface area contributed by atoms with Crippen molar-refractivity contribution >= 4 is 51.8 Å². The first-order valence-corrected chi connectivity index (χ1v) is 18.9. The summed E-state index contributed by atoms with van der Waals surface area (Å²) in [6.07, 6.45) is 4.86. The van der Waals surface area contributed by atoms with E-state index in [1.807, 2.05) is 35.2 Å². The molecule has 8 rings (SSSR count). The van der Waals surface area contributed by atoms with E-state index < -0.39 is 11.2 Å². The number of methoxy groups -OCH3 is 2. The zero-order valence-electron chi connectivity index (χ0n) is 31.0. The van der Waals surface area contributed by atoms with Crippen molar-refractivity contribution in [2.45, 2.75) is 37.3 Å². The van der Waals surface area contributed by atoms with E-state index in [4.69, 9.17) is 37.7 Å². The van der Waals surface area contributed by atoms with Crippen LogP contribution in [0.25, 0.3) is 33.4 Å². The quantitative estimate of drug-likeness (QED) is 0.202. The van der Waals surface area contributed by atoms with Gasteiger partial charge in [0.2, 0.25) is 5.88 Å². The van der Waals surface area contributed by atoms with Crippen LogP contribution in [0, 0.1) is 0 Å². The fourth-order valence-electron chi connectivity index (χ4n) is 8.35. The van der Waals surface area contributed by atoms with Crippen LogP contribution < -0.4 is 26.6 Å². The van der Waals surface area contributed by atoms with Gasteiger partial charge in [0.15, 0.2) is 5.65 Å². The number of anilines is 2. The molecule has 0 bridgehead atoms. The summed E-state index contributed by atoms with van der Waals surface area (Å²) < 4.78 is 13.5. The van der Waals surface area contributed by atoms with Gasteiger partial charge in [-0.15, -0.1) is 0 Å². The minimum absolute atomic E-state index is 0.0233. The van der Waals surface area contributed by atoms with Gasteiger partial charge in [-0.25, -0.2) is 24.5 Å². The second-order valence-corrected chi connectivity index (χ2v) is 15.1. The standard InChI is InChI=1S/C39H41Cl2N9O5/c1-47-34-30(36(51)48(2)38(47)53)33(42-21-43-34)44-26-10-6-8-24(32(26)41)23-7-5-9-25(31(23)40)27-19-22-11-12-28(29(22)35(45-27)55-4)50-16-14-39(20-50)13-15-49(17-18-54-3)37(52)46-39/h5-10,19,21,28H,11-18,20H2,1-4H3,(H,46,52)(H,42,43,44). The molecule has 2 atom stereocenters. The first-order valence-electron chi connectivity index (χ1n) is 18.2. The van der Waals surface area contributed by atoms with Crippen molar-refractivity contribution in [3.8, 4) is 28.3 Å². The molecule has 0 radical (unpaired) electrons. The summed E-state index contributed by atoms with van der Waals surface area (Å²) in [5.74, 6) is 0.783. The van der Waals surface area contributed by atoms with E-state index in [9.17, 15) is 14.4 Å². The van der Waals surface area contributed by atoms with E-state index in [1.165, 1.54) is 17.9 Å². The van der Waals surface area contributed by atoms with E-state index in [-0.39, 0.29) is 34.5 Å². The Morgan fingerprint density at radius 1 is 0.964 bits per heavy atom. The maximum Gasteiger partial charge on any atom is 0.332 e. The lowest BCUT2D eigenvalue weighted by molar-refractivity contribution is 0.114. The van der Waals surface area contributed by atoms with Crippen LogP contribution in [0.2, 0.25) is 10.0 Å². The van der Waals surface area contributed by atoms with Crippen LogP contribution in [0.3, 0.4) is 0 Å². The second kappa shape index (κ2) is 14.6. The SMILES string of the molecule is COCCN1CCC2(CCN(C3CCc4cc(-c5cccc(-c6cccc(Nc7ncnc8c7c(=O)n(C)c(=O)n8C)c6Cl)c5Cl)nc(OC)c43)C2)NC1=O. The van der Waals surface area contributed by atoms with Gasteiger partial charge in [-0.05, 0) is 43.4 Å². The molecule has 2 aliphatic heterocycles. The van der Waals surface area contributed by atoms with Crippen molar-refractivity contribution in [2.24, 2.45) is 14.1 Å². The van der Waals surface area contributed by atoms with E-state index in [0.29, 0.717) is 58.1 Å². The number of hydrogen-bond acceptors (Lipinski definition) is 10.